The van der Waals surface area contributed by atoms with Gasteiger partial charge in [-0.05, 0) is 53.8 Å². The van der Waals surface area contributed by atoms with Crippen LogP contribution in [-0.4, -0.2) is 30.5 Å². The highest BCUT2D eigenvalue weighted by molar-refractivity contribution is 6.06. The van der Waals surface area contributed by atoms with E-state index in [4.69, 9.17) is 4.74 Å². The molecule has 0 saturated carbocycles. The quantitative estimate of drug-likeness (QED) is 0.407. The topological polar surface area (TPSA) is 102 Å². The van der Waals surface area contributed by atoms with E-state index in [0.717, 1.165) is 22.3 Å². The molecule has 8 nitrogen and oxygen atoms in total. The highest BCUT2D eigenvalue weighted by atomic mass is 16.6. The molecule has 0 spiro atoms. The summed E-state index contributed by atoms with van der Waals surface area (Å²) < 4.78 is 5.77. The number of benzene rings is 2. The number of carbonyl (C=O) groups excluding carboxylic acids is 2. The van der Waals surface area contributed by atoms with Crippen LogP contribution in [0.5, 0.6) is 5.75 Å². The number of imide groups is 1. The maximum Gasteiger partial charge on any atom is 0.328 e. The van der Waals surface area contributed by atoms with Crippen LogP contribution in [0.2, 0.25) is 0 Å². The number of hydrogen-bond acceptors (Lipinski definition) is 5. The first kappa shape index (κ1) is 23.0. The van der Waals surface area contributed by atoms with E-state index < -0.39 is 11.0 Å². The van der Waals surface area contributed by atoms with Gasteiger partial charge < -0.3 is 4.74 Å². The predicted molar refractivity (Wildman–Crippen MR) is 124 cm³/mol. The molecule has 1 saturated heterocycles. The number of carbonyl (C=O) groups is 2. The number of nitro groups is 1. The zero-order valence-corrected chi connectivity index (χ0v) is 18.9. The molecule has 2 aromatic carbocycles. The van der Waals surface area contributed by atoms with Gasteiger partial charge in [0.25, 0.3) is 5.69 Å². The van der Waals surface area contributed by atoms with E-state index in [1.807, 2.05) is 25.1 Å². The van der Waals surface area contributed by atoms with E-state index in [1.54, 1.807) is 24.1 Å². The van der Waals surface area contributed by atoms with E-state index in [1.165, 1.54) is 12.1 Å². The Balaban J connectivity index is 2.12. The normalized spacial score (nSPS) is 14.9. The Morgan fingerprint density at radius 2 is 1.84 bits per heavy atom. The zero-order chi connectivity index (χ0) is 23.6. The van der Waals surface area contributed by atoms with Crippen LogP contribution in [0.1, 0.15) is 50.8 Å². The second-order valence-corrected chi connectivity index (χ2v) is 8.75. The van der Waals surface area contributed by atoms with Crippen molar-refractivity contribution in [3.05, 3.63) is 63.2 Å². The van der Waals surface area contributed by atoms with Crippen LogP contribution < -0.4 is 15.0 Å². The van der Waals surface area contributed by atoms with Crippen molar-refractivity contribution >= 4 is 35.0 Å². The third-order valence-corrected chi connectivity index (χ3v) is 5.39. The van der Waals surface area contributed by atoms with Crippen LogP contribution in [0.25, 0.3) is 11.6 Å². The third kappa shape index (κ3) is 4.80. The lowest BCUT2D eigenvalue weighted by molar-refractivity contribution is -0.384. The average Bonchev–Trinajstić information content (AvgIpc) is 2.72. The van der Waals surface area contributed by atoms with Gasteiger partial charge in [-0.25, -0.2) is 4.79 Å². The van der Waals surface area contributed by atoms with Gasteiger partial charge in [-0.2, -0.15) is 0 Å². The van der Waals surface area contributed by atoms with Crippen molar-refractivity contribution < 1.29 is 19.2 Å². The molecule has 168 valence electrons. The minimum Gasteiger partial charge on any atom is -0.496 e. The van der Waals surface area contributed by atoms with Crippen LogP contribution in [0, 0.1) is 10.1 Å². The van der Waals surface area contributed by atoms with Crippen molar-refractivity contribution in [2.45, 2.75) is 39.5 Å². The molecular weight excluding hydrogens is 410 g/mol. The predicted octanol–water partition coefficient (Wildman–Crippen LogP) is 4.91. The molecule has 1 aliphatic rings. The summed E-state index contributed by atoms with van der Waals surface area (Å²) in [7, 11) is 1.61. The minimum atomic E-state index is -0.451. The Morgan fingerprint density at radius 1 is 1.19 bits per heavy atom. The number of methoxy groups -OCH3 is 1. The molecule has 1 heterocycles. The molecule has 0 atom stereocenters. The largest absolute Gasteiger partial charge is 0.496 e. The van der Waals surface area contributed by atoms with Crippen molar-refractivity contribution in [2.75, 3.05) is 18.6 Å². The Kier molecular flexibility index (Phi) is 6.34. The van der Waals surface area contributed by atoms with E-state index in [2.05, 4.69) is 26.1 Å². The van der Waals surface area contributed by atoms with Crippen molar-refractivity contribution in [2.24, 2.45) is 0 Å². The lowest BCUT2D eigenvalue weighted by Gasteiger charge is -2.30. The number of urea groups is 1. The second-order valence-electron chi connectivity index (χ2n) is 8.75. The molecule has 3 amide bonds. The molecule has 1 fully saturated rings. The Labute approximate surface area is 187 Å². The smallest absolute Gasteiger partial charge is 0.328 e. The Hall–Kier alpha value is -3.68. The number of hydrogen-bond donors (Lipinski definition) is 1. The summed E-state index contributed by atoms with van der Waals surface area (Å²) in [6.45, 7) is 8.39. The number of nitro benzene ring substituents is 1. The molecule has 0 unspecified atom stereocenters. The third-order valence-electron chi connectivity index (χ3n) is 5.39. The molecule has 3 rings (SSSR count). The van der Waals surface area contributed by atoms with Crippen molar-refractivity contribution in [1.82, 2.24) is 5.32 Å². The number of nitrogens with zero attached hydrogens (tertiary/aromatic N) is 2. The van der Waals surface area contributed by atoms with E-state index in [-0.39, 0.29) is 23.4 Å². The fourth-order valence-corrected chi connectivity index (χ4v) is 3.66. The summed E-state index contributed by atoms with van der Waals surface area (Å²) in [4.78, 5) is 36.1. The van der Waals surface area contributed by atoms with Gasteiger partial charge in [0.15, 0.2) is 0 Å². The summed E-state index contributed by atoms with van der Waals surface area (Å²) in [5.41, 5.74) is 3.84. The molecule has 2 aromatic rings. The summed E-state index contributed by atoms with van der Waals surface area (Å²) in [5, 5.41) is 13.3. The average molecular weight is 437 g/mol. The van der Waals surface area contributed by atoms with Crippen molar-refractivity contribution in [3.8, 4) is 5.75 Å². The van der Waals surface area contributed by atoms with Gasteiger partial charge in [0.2, 0.25) is 5.91 Å². The molecule has 8 heteroatoms. The SMILES string of the molecule is COc1c(/C=C(/C)c2ccc([N+](=O)[O-])cc2)cc(N2CCC(=O)NC2=O)cc1C(C)(C)C. The molecule has 0 radical (unpaired) electrons. The maximum absolute atomic E-state index is 12.5. The van der Waals surface area contributed by atoms with Gasteiger partial charge in [-0.15, -0.1) is 0 Å². The lowest BCUT2D eigenvalue weighted by atomic mass is 9.84. The monoisotopic (exact) mass is 437 g/mol. The zero-order valence-electron chi connectivity index (χ0n) is 18.9. The fourth-order valence-electron chi connectivity index (χ4n) is 3.66. The first-order valence-corrected chi connectivity index (χ1v) is 10.3. The molecule has 0 aromatic heterocycles. The lowest BCUT2D eigenvalue weighted by Crippen LogP contribution is -2.49. The van der Waals surface area contributed by atoms with Crippen LogP contribution in [0.15, 0.2) is 36.4 Å². The molecule has 0 aliphatic carbocycles. The van der Waals surface area contributed by atoms with Crippen LogP contribution in [0.4, 0.5) is 16.2 Å². The molecule has 32 heavy (non-hydrogen) atoms. The molecule has 0 bridgehead atoms. The Bertz CT molecular complexity index is 1100. The standard InChI is InChI=1S/C24H27N3O5/c1-15(16-6-8-18(9-7-16)27(30)31)12-17-13-19(26-11-10-21(28)25-23(26)29)14-20(22(17)32-5)24(2,3)4/h6-9,12-14H,10-11H2,1-5H3,(H,25,28,29)/b15-12-. The van der Waals surface area contributed by atoms with E-state index in [0.29, 0.717) is 18.0 Å². The van der Waals surface area contributed by atoms with Crippen LogP contribution in [0.3, 0.4) is 0 Å². The summed E-state index contributed by atoms with van der Waals surface area (Å²) in [6, 6.07) is 9.67. The van der Waals surface area contributed by atoms with Crippen molar-refractivity contribution in [3.63, 3.8) is 0 Å². The summed E-state index contributed by atoms with van der Waals surface area (Å²) in [6.07, 6.45) is 2.17. The van der Waals surface area contributed by atoms with Crippen LogP contribution in [-0.2, 0) is 10.2 Å². The van der Waals surface area contributed by atoms with E-state index >= 15 is 0 Å². The van der Waals surface area contributed by atoms with Gasteiger partial charge in [0, 0.05) is 41.9 Å². The van der Waals surface area contributed by atoms with Crippen molar-refractivity contribution in [1.29, 1.82) is 0 Å². The number of allylic oxidation sites excluding steroid dienone is 1. The number of amides is 3. The van der Waals surface area contributed by atoms with Gasteiger partial charge in [-0.1, -0.05) is 20.8 Å². The molecular formula is C24H27N3O5. The van der Waals surface area contributed by atoms with Gasteiger partial charge >= 0.3 is 6.03 Å². The van der Waals surface area contributed by atoms with E-state index in [9.17, 15) is 19.7 Å². The second kappa shape index (κ2) is 8.82. The number of anilines is 1. The fraction of sp³-hybridized carbons (Fsp3) is 0.333. The van der Waals surface area contributed by atoms with Crippen LogP contribution >= 0.6 is 0 Å². The van der Waals surface area contributed by atoms with Gasteiger partial charge in [0.1, 0.15) is 5.75 Å². The first-order valence-electron chi connectivity index (χ1n) is 10.3. The summed E-state index contributed by atoms with van der Waals surface area (Å²) >= 11 is 0. The minimum absolute atomic E-state index is 0.0294. The first-order chi connectivity index (χ1) is 15.0. The number of nitrogens with one attached hydrogen (secondary N) is 1. The molecule has 1 aliphatic heterocycles. The number of ether oxygens (including phenoxy) is 1. The van der Waals surface area contributed by atoms with Gasteiger partial charge in [-0.3, -0.25) is 25.1 Å². The van der Waals surface area contributed by atoms with Gasteiger partial charge in [0.05, 0.1) is 12.0 Å². The number of non-ortho nitro benzene ring substituents is 1. The highest BCUT2D eigenvalue weighted by Gasteiger charge is 2.28. The number of rotatable bonds is 5. The Morgan fingerprint density at radius 3 is 2.38 bits per heavy atom. The summed E-state index contributed by atoms with van der Waals surface area (Å²) in [5.74, 6) is 0.404. The maximum atomic E-state index is 12.5. The highest BCUT2D eigenvalue weighted by Crippen LogP contribution is 2.39. The molecule has 1 N–H and O–H groups in total.